The third-order valence-corrected chi connectivity index (χ3v) is 4.93. The van der Waals surface area contributed by atoms with Gasteiger partial charge < -0.3 is 24.3 Å². The molecule has 0 bridgehead atoms. The van der Waals surface area contributed by atoms with Gasteiger partial charge in [0, 0.05) is 26.2 Å². The number of amides is 3. The average Bonchev–Trinajstić information content (AvgIpc) is 3.25. The molecule has 156 valence electrons. The molecule has 1 aliphatic heterocycles. The van der Waals surface area contributed by atoms with Gasteiger partial charge >= 0.3 is 6.03 Å². The number of nitrogens with one attached hydrogen (secondary N) is 1. The van der Waals surface area contributed by atoms with Gasteiger partial charge in [0.25, 0.3) is 5.91 Å². The average molecular weight is 399 g/mol. The van der Waals surface area contributed by atoms with Crippen molar-refractivity contribution in [3.8, 4) is 5.75 Å². The Labute approximate surface area is 171 Å². The Hall–Kier alpha value is -2.96. The lowest BCUT2D eigenvalue weighted by molar-refractivity contribution is 0.0634. The minimum Gasteiger partial charge on any atom is -0.492 e. The summed E-state index contributed by atoms with van der Waals surface area (Å²) in [6.07, 6.45) is 1.48. The molecule has 7 heteroatoms. The fourth-order valence-corrected chi connectivity index (χ4v) is 3.16. The Balaban J connectivity index is 1.38. The van der Waals surface area contributed by atoms with Crippen molar-refractivity contribution in [3.63, 3.8) is 0 Å². The van der Waals surface area contributed by atoms with E-state index in [1.165, 1.54) is 11.8 Å². The molecule has 0 spiro atoms. The first-order valence-corrected chi connectivity index (χ1v) is 9.93. The van der Waals surface area contributed by atoms with Crippen LogP contribution in [-0.4, -0.2) is 61.1 Å². The van der Waals surface area contributed by atoms with Gasteiger partial charge in [0.15, 0.2) is 5.76 Å². The lowest BCUT2D eigenvalue weighted by Crippen LogP contribution is -2.53. The van der Waals surface area contributed by atoms with E-state index >= 15 is 0 Å². The first kappa shape index (κ1) is 20.8. The Morgan fingerprint density at radius 3 is 2.45 bits per heavy atom. The van der Waals surface area contributed by atoms with Gasteiger partial charge in [-0.2, -0.15) is 0 Å². The molecule has 0 radical (unpaired) electrons. The van der Waals surface area contributed by atoms with Crippen LogP contribution in [0.2, 0.25) is 0 Å². The molecule has 2 heterocycles. The number of nitrogens with zero attached hydrogens (tertiary/aromatic N) is 2. The highest BCUT2D eigenvalue weighted by Crippen LogP contribution is 2.25. The van der Waals surface area contributed by atoms with Gasteiger partial charge in [-0.1, -0.05) is 32.9 Å². The maximum atomic E-state index is 12.3. The molecule has 1 aromatic heterocycles. The molecule has 1 fully saturated rings. The zero-order valence-corrected chi connectivity index (χ0v) is 17.3. The maximum Gasteiger partial charge on any atom is 0.317 e. The van der Waals surface area contributed by atoms with Crippen molar-refractivity contribution < 1.29 is 18.7 Å². The van der Waals surface area contributed by atoms with Gasteiger partial charge in [0.2, 0.25) is 0 Å². The molecule has 29 heavy (non-hydrogen) atoms. The van der Waals surface area contributed by atoms with Gasteiger partial charge in [-0.3, -0.25) is 4.79 Å². The van der Waals surface area contributed by atoms with Gasteiger partial charge in [-0.05, 0) is 35.2 Å². The number of carbonyl (C=O) groups excluding carboxylic acids is 2. The lowest BCUT2D eigenvalue weighted by atomic mass is 9.87. The monoisotopic (exact) mass is 399 g/mol. The summed E-state index contributed by atoms with van der Waals surface area (Å²) in [7, 11) is 0. The molecule has 1 aromatic carbocycles. The first-order chi connectivity index (χ1) is 13.8. The Morgan fingerprint density at radius 2 is 1.79 bits per heavy atom. The largest absolute Gasteiger partial charge is 0.492 e. The predicted octanol–water partition coefficient (Wildman–Crippen LogP) is 3.12. The van der Waals surface area contributed by atoms with E-state index < -0.39 is 0 Å². The zero-order valence-electron chi connectivity index (χ0n) is 17.3. The van der Waals surface area contributed by atoms with Crippen molar-refractivity contribution in [3.05, 3.63) is 54.0 Å². The lowest BCUT2D eigenvalue weighted by Gasteiger charge is -2.34. The van der Waals surface area contributed by atoms with Crippen LogP contribution in [0, 0.1) is 0 Å². The van der Waals surface area contributed by atoms with Crippen molar-refractivity contribution in [1.82, 2.24) is 15.1 Å². The number of piperazine rings is 1. The topological polar surface area (TPSA) is 75.0 Å². The van der Waals surface area contributed by atoms with Crippen molar-refractivity contribution in [2.45, 2.75) is 26.2 Å². The molecule has 3 rings (SSSR count). The van der Waals surface area contributed by atoms with Crippen molar-refractivity contribution >= 4 is 11.9 Å². The Kier molecular flexibility index (Phi) is 6.46. The molecular formula is C22H29N3O4. The van der Waals surface area contributed by atoms with Crippen LogP contribution in [0.25, 0.3) is 0 Å². The number of rotatable bonds is 5. The second-order valence-electron chi connectivity index (χ2n) is 8.11. The Morgan fingerprint density at radius 1 is 1.07 bits per heavy atom. The summed E-state index contributed by atoms with van der Waals surface area (Å²) < 4.78 is 10.9. The number of carbonyl (C=O) groups is 2. The van der Waals surface area contributed by atoms with E-state index in [9.17, 15) is 9.59 Å². The van der Waals surface area contributed by atoms with Crippen LogP contribution < -0.4 is 10.1 Å². The highest BCUT2D eigenvalue weighted by Gasteiger charge is 2.25. The minimum atomic E-state index is -0.138. The van der Waals surface area contributed by atoms with Crippen molar-refractivity contribution in [1.29, 1.82) is 0 Å². The van der Waals surface area contributed by atoms with Crippen molar-refractivity contribution in [2.75, 3.05) is 39.3 Å². The summed E-state index contributed by atoms with van der Waals surface area (Å²) in [6.45, 7) is 9.27. The van der Waals surface area contributed by atoms with Crippen LogP contribution in [0.5, 0.6) is 5.75 Å². The minimum absolute atomic E-state index is 0.0635. The van der Waals surface area contributed by atoms with Crippen LogP contribution >= 0.6 is 0 Å². The van der Waals surface area contributed by atoms with Crippen LogP contribution in [0.1, 0.15) is 36.9 Å². The van der Waals surface area contributed by atoms with Crippen LogP contribution in [0.4, 0.5) is 4.79 Å². The summed E-state index contributed by atoms with van der Waals surface area (Å²) in [5, 5.41) is 2.88. The van der Waals surface area contributed by atoms with E-state index in [0.29, 0.717) is 45.1 Å². The number of furan rings is 1. The molecule has 0 saturated carbocycles. The van der Waals surface area contributed by atoms with Gasteiger partial charge in [0.1, 0.15) is 12.4 Å². The Bertz CT molecular complexity index is 819. The van der Waals surface area contributed by atoms with E-state index in [-0.39, 0.29) is 17.4 Å². The predicted molar refractivity (Wildman–Crippen MR) is 110 cm³/mol. The SMILES string of the molecule is CC(C)(C)c1cccc(OCCNC(=O)N2CCN(C(=O)c3ccco3)CC2)c1. The normalized spacial score (nSPS) is 14.6. The molecule has 0 atom stereocenters. The molecule has 7 nitrogen and oxygen atoms in total. The molecule has 1 saturated heterocycles. The van der Waals surface area contributed by atoms with Crippen LogP contribution in [0.15, 0.2) is 47.1 Å². The van der Waals surface area contributed by atoms with Crippen LogP contribution in [0.3, 0.4) is 0 Å². The smallest absolute Gasteiger partial charge is 0.317 e. The second-order valence-corrected chi connectivity index (χ2v) is 8.11. The molecule has 1 N–H and O–H groups in total. The van der Waals surface area contributed by atoms with E-state index in [1.54, 1.807) is 21.9 Å². The third kappa shape index (κ3) is 5.53. The second kappa shape index (κ2) is 9.03. The van der Waals surface area contributed by atoms with E-state index in [4.69, 9.17) is 9.15 Å². The van der Waals surface area contributed by atoms with E-state index in [1.807, 2.05) is 18.2 Å². The summed E-state index contributed by atoms with van der Waals surface area (Å²) in [4.78, 5) is 28.0. The number of hydrogen-bond donors (Lipinski definition) is 1. The highest BCUT2D eigenvalue weighted by atomic mass is 16.5. The number of hydrogen-bond acceptors (Lipinski definition) is 4. The number of benzene rings is 1. The fraction of sp³-hybridized carbons (Fsp3) is 0.455. The summed E-state index contributed by atoms with van der Waals surface area (Å²) >= 11 is 0. The first-order valence-electron chi connectivity index (χ1n) is 9.93. The molecule has 0 aliphatic carbocycles. The van der Waals surface area contributed by atoms with Gasteiger partial charge in [0.05, 0.1) is 12.8 Å². The van der Waals surface area contributed by atoms with Crippen molar-refractivity contribution in [2.24, 2.45) is 0 Å². The highest BCUT2D eigenvalue weighted by molar-refractivity contribution is 5.91. The molecular weight excluding hydrogens is 370 g/mol. The fourth-order valence-electron chi connectivity index (χ4n) is 3.16. The standard InChI is InChI=1S/C22H29N3O4/c1-22(2,3)17-6-4-7-18(16-17)28-15-9-23-21(27)25-12-10-24(11-13-25)20(26)19-8-5-14-29-19/h4-8,14,16H,9-13,15H2,1-3H3,(H,23,27). The summed E-state index contributed by atoms with van der Waals surface area (Å²) in [5.74, 6) is 0.994. The van der Waals surface area contributed by atoms with Gasteiger partial charge in [-0.15, -0.1) is 0 Å². The van der Waals surface area contributed by atoms with E-state index in [2.05, 4.69) is 32.2 Å². The summed E-state index contributed by atoms with van der Waals surface area (Å²) in [5.41, 5.74) is 1.27. The number of ether oxygens (including phenoxy) is 1. The maximum absolute atomic E-state index is 12.3. The summed E-state index contributed by atoms with van der Waals surface area (Å²) in [6, 6.07) is 11.2. The molecule has 0 unspecified atom stereocenters. The molecule has 1 aliphatic rings. The molecule has 3 amide bonds. The molecule has 2 aromatic rings. The zero-order chi connectivity index (χ0) is 20.9. The quantitative estimate of drug-likeness (QED) is 0.784. The van der Waals surface area contributed by atoms with Gasteiger partial charge in [-0.25, -0.2) is 4.79 Å². The third-order valence-electron chi connectivity index (χ3n) is 4.93. The number of urea groups is 1. The van der Waals surface area contributed by atoms with Crippen LogP contribution in [-0.2, 0) is 5.41 Å². The van der Waals surface area contributed by atoms with E-state index in [0.717, 1.165) is 5.75 Å².